The molecule has 0 aromatic carbocycles. The molecule has 1 N–H and O–H groups in total. The Bertz CT molecular complexity index is 138. The summed E-state index contributed by atoms with van der Waals surface area (Å²) in [5.74, 6) is 0.0986. The first-order chi connectivity index (χ1) is 5.63. The van der Waals surface area contributed by atoms with Crippen LogP contribution < -0.4 is 5.32 Å². The van der Waals surface area contributed by atoms with Gasteiger partial charge in [0.25, 0.3) is 0 Å². The van der Waals surface area contributed by atoms with Crippen molar-refractivity contribution in [1.82, 2.24) is 5.32 Å². The Morgan fingerprint density at radius 3 is 2.58 bits per heavy atom. The molecule has 1 aliphatic rings. The van der Waals surface area contributed by atoms with Gasteiger partial charge in [-0.15, -0.1) is 0 Å². The lowest BCUT2D eigenvalue weighted by molar-refractivity contribution is 0.0392. The van der Waals surface area contributed by atoms with Crippen LogP contribution in [0.25, 0.3) is 0 Å². The molecule has 0 spiro atoms. The predicted octanol–water partition coefficient (Wildman–Crippen LogP) is 2.13. The van der Waals surface area contributed by atoms with E-state index in [0.717, 1.165) is 13.0 Å². The molecule has 3 unspecified atom stereocenters. The van der Waals surface area contributed by atoms with Crippen molar-refractivity contribution in [2.45, 2.75) is 26.7 Å². The zero-order valence-corrected chi connectivity index (χ0v) is 7.69. The molecule has 0 radical (unpaired) electrons. The van der Waals surface area contributed by atoms with Crippen LogP contribution in [0, 0.1) is 17.8 Å². The number of halogens is 2. The predicted molar refractivity (Wildman–Crippen MR) is 45.3 cm³/mol. The van der Waals surface area contributed by atoms with Gasteiger partial charge in [0.05, 0.1) is 0 Å². The highest BCUT2D eigenvalue weighted by molar-refractivity contribution is 4.78. The van der Waals surface area contributed by atoms with Crippen molar-refractivity contribution in [3.8, 4) is 0 Å². The highest BCUT2D eigenvalue weighted by atomic mass is 19.3. The van der Waals surface area contributed by atoms with Crippen molar-refractivity contribution in [2.24, 2.45) is 17.8 Å². The second-order valence-electron chi connectivity index (χ2n) is 3.83. The molecule has 0 aromatic rings. The lowest BCUT2D eigenvalue weighted by atomic mass is 9.84. The maximum Gasteiger partial charge on any atom is 0.242 e. The summed E-state index contributed by atoms with van der Waals surface area (Å²) in [5.41, 5.74) is 0. The van der Waals surface area contributed by atoms with Gasteiger partial charge in [-0.3, -0.25) is 0 Å². The van der Waals surface area contributed by atoms with Crippen LogP contribution in [0.3, 0.4) is 0 Å². The van der Waals surface area contributed by atoms with Gasteiger partial charge in [-0.2, -0.15) is 0 Å². The lowest BCUT2D eigenvalue weighted by Crippen LogP contribution is -2.30. The Morgan fingerprint density at radius 2 is 2.00 bits per heavy atom. The smallest absolute Gasteiger partial charge is 0.242 e. The Labute approximate surface area is 72.5 Å². The average Bonchev–Trinajstić information content (AvgIpc) is 2.15. The lowest BCUT2D eigenvalue weighted by Gasteiger charge is -2.24. The molecule has 0 bridgehead atoms. The zero-order chi connectivity index (χ0) is 9.14. The molecule has 0 saturated carbocycles. The average molecular weight is 177 g/mol. The van der Waals surface area contributed by atoms with Crippen LogP contribution in [0.15, 0.2) is 0 Å². The van der Waals surface area contributed by atoms with Gasteiger partial charge in [0.2, 0.25) is 6.43 Å². The monoisotopic (exact) mass is 177 g/mol. The van der Waals surface area contributed by atoms with E-state index in [1.54, 1.807) is 0 Å². The topological polar surface area (TPSA) is 12.0 Å². The molecule has 72 valence electrons. The Balaban J connectivity index is 2.58. The van der Waals surface area contributed by atoms with E-state index in [-0.39, 0.29) is 5.92 Å². The fourth-order valence-electron chi connectivity index (χ4n) is 1.79. The Kier molecular flexibility index (Phi) is 3.44. The zero-order valence-electron chi connectivity index (χ0n) is 7.69. The normalized spacial score (nSPS) is 38.2. The number of hydrogen-bond donors (Lipinski definition) is 1. The first-order valence-corrected chi connectivity index (χ1v) is 4.61. The summed E-state index contributed by atoms with van der Waals surface area (Å²) in [6.45, 7) is 5.36. The molecule has 1 heterocycles. The minimum absolute atomic E-state index is 0.139. The fraction of sp³-hybridized carbons (Fsp3) is 1.00. The summed E-state index contributed by atoms with van der Waals surface area (Å²) >= 11 is 0. The van der Waals surface area contributed by atoms with E-state index < -0.39 is 12.3 Å². The fourth-order valence-corrected chi connectivity index (χ4v) is 1.79. The van der Waals surface area contributed by atoms with E-state index in [4.69, 9.17) is 0 Å². The van der Waals surface area contributed by atoms with Crippen LogP contribution in [-0.4, -0.2) is 19.5 Å². The second kappa shape index (κ2) is 4.17. The van der Waals surface area contributed by atoms with Gasteiger partial charge in [-0.25, -0.2) is 8.78 Å². The molecule has 1 saturated heterocycles. The molecular weight excluding hydrogens is 160 g/mol. The van der Waals surface area contributed by atoms with E-state index in [1.807, 2.05) is 6.92 Å². The third-order valence-corrected chi connectivity index (χ3v) is 3.05. The second-order valence-corrected chi connectivity index (χ2v) is 3.83. The molecule has 1 nitrogen and oxygen atoms in total. The first kappa shape index (κ1) is 9.90. The van der Waals surface area contributed by atoms with Crippen molar-refractivity contribution < 1.29 is 8.78 Å². The summed E-state index contributed by atoms with van der Waals surface area (Å²) in [7, 11) is 0. The first-order valence-electron chi connectivity index (χ1n) is 4.61. The third-order valence-electron chi connectivity index (χ3n) is 3.05. The number of alkyl halides is 2. The molecule has 3 atom stereocenters. The molecule has 0 aliphatic carbocycles. The molecule has 0 amide bonds. The van der Waals surface area contributed by atoms with E-state index in [1.165, 1.54) is 0 Å². The third kappa shape index (κ3) is 2.16. The molecule has 0 aromatic heterocycles. The summed E-state index contributed by atoms with van der Waals surface area (Å²) in [6, 6.07) is 0. The highest BCUT2D eigenvalue weighted by Gasteiger charge is 2.31. The van der Waals surface area contributed by atoms with Crippen molar-refractivity contribution in [1.29, 1.82) is 0 Å². The standard InChI is InChI=1S/C9H17F2N/c1-6-3-4-12-5-8(7(6)2)9(10)11/h6-9,12H,3-5H2,1-2H3. The van der Waals surface area contributed by atoms with Gasteiger partial charge in [-0.05, 0) is 24.8 Å². The summed E-state index contributed by atoms with van der Waals surface area (Å²) < 4.78 is 25.0. The van der Waals surface area contributed by atoms with Crippen LogP contribution in [0.2, 0.25) is 0 Å². The van der Waals surface area contributed by atoms with Crippen LogP contribution >= 0.6 is 0 Å². The molecule has 1 fully saturated rings. The maximum atomic E-state index is 12.5. The van der Waals surface area contributed by atoms with Crippen LogP contribution in [-0.2, 0) is 0 Å². The van der Waals surface area contributed by atoms with Gasteiger partial charge in [0.1, 0.15) is 0 Å². The maximum absolute atomic E-state index is 12.5. The van der Waals surface area contributed by atoms with Gasteiger partial charge in [-0.1, -0.05) is 13.8 Å². The largest absolute Gasteiger partial charge is 0.316 e. The summed E-state index contributed by atoms with van der Waals surface area (Å²) in [5, 5.41) is 3.06. The van der Waals surface area contributed by atoms with Crippen molar-refractivity contribution >= 4 is 0 Å². The van der Waals surface area contributed by atoms with Crippen molar-refractivity contribution in [2.75, 3.05) is 13.1 Å². The number of rotatable bonds is 1. The minimum Gasteiger partial charge on any atom is -0.316 e. The highest BCUT2D eigenvalue weighted by Crippen LogP contribution is 2.29. The molecule has 1 aliphatic heterocycles. The molecule has 1 rings (SSSR count). The molecule has 12 heavy (non-hydrogen) atoms. The number of hydrogen-bond acceptors (Lipinski definition) is 1. The molecule has 3 heteroatoms. The summed E-state index contributed by atoms with van der Waals surface area (Å²) in [6.07, 6.45) is -1.15. The summed E-state index contributed by atoms with van der Waals surface area (Å²) in [4.78, 5) is 0. The van der Waals surface area contributed by atoms with Crippen LogP contribution in [0.5, 0.6) is 0 Å². The van der Waals surface area contributed by atoms with Gasteiger partial charge >= 0.3 is 0 Å². The minimum atomic E-state index is -2.17. The van der Waals surface area contributed by atoms with Crippen LogP contribution in [0.4, 0.5) is 8.78 Å². The van der Waals surface area contributed by atoms with Crippen LogP contribution in [0.1, 0.15) is 20.3 Å². The van der Waals surface area contributed by atoms with E-state index in [2.05, 4.69) is 12.2 Å². The van der Waals surface area contributed by atoms with E-state index in [9.17, 15) is 8.78 Å². The van der Waals surface area contributed by atoms with Gasteiger partial charge in [0, 0.05) is 12.5 Å². The quantitative estimate of drug-likeness (QED) is 0.647. The SMILES string of the molecule is CC1CCNCC(C(F)F)C1C. The number of nitrogens with one attached hydrogen (secondary N) is 1. The Morgan fingerprint density at radius 1 is 1.33 bits per heavy atom. The van der Waals surface area contributed by atoms with Gasteiger partial charge < -0.3 is 5.32 Å². The Hall–Kier alpha value is -0.180. The van der Waals surface area contributed by atoms with E-state index >= 15 is 0 Å². The molecular formula is C9H17F2N. The van der Waals surface area contributed by atoms with Crippen molar-refractivity contribution in [3.05, 3.63) is 0 Å². The van der Waals surface area contributed by atoms with Crippen molar-refractivity contribution in [3.63, 3.8) is 0 Å². The van der Waals surface area contributed by atoms with Gasteiger partial charge in [0.15, 0.2) is 0 Å². The van der Waals surface area contributed by atoms with E-state index in [0.29, 0.717) is 12.5 Å².